The number of hydrogen-bond acceptors (Lipinski definition) is 4. The molecule has 24 heavy (non-hydrogen) atoms. The summed E-state index contributed by atoms with van der Waals surface area (Å²) >= 11 is 0. The van der Waals surface area contributed by atoms with Gasteiger partial charge in [0.1, 0.15) is 17.8 Å². The van der Waals surface area contributed by atoms with E-state index in [2.05, 4.69) is 4.98 Å². The number of benzene rings is 1. The van der Waals surface area contributed by atoms with Gasteiger partial charge in [-0.1, -0.05) is 24.3 Å². The molecule has 1 heterocycles. The summed E-state index contributed by atoms with van der Waals surface area (Å²) < 4.78 is 5.33. The molecular weight excluding hydrogens is 310 g/mol. The van der Waals surface area contributed by atoms with Crippen LogP contribution in [-0.2, 0) is 9.53 Å². The van der Waals surface area contributed by atoms with E-state index in [1.807, 2.05) is 0 Å². The summed E-state index contributed by atoms with van der Waals surface area (Å²) in [4.78, 5) is 37.7. The summed E-state index contributed by atoms with van der Waals surface area (Å²) in [6, 6.07) is 7.69. The van der Waals surface area contributed by atoms with E-state index in [1.165, 1.54) is 24.4 Å². The SMILES string of the molecule is CC(C)(C)OC(=O)c1cc[nH]c1C(C(=O)O)c1ccc(C=O)cc1. The third-order valence-electron chi connectivity index (χ3n) is 3.34. The Balaban J connectivity index is 2.42. The number of aldehydes is 1. The van der Waals surface area contributed by atoms with E-state index in [1.54, 1.807) is 32.9 Å². The Morgan fingerprint density at radius 1 is 1.17 bits per heavy atom. The van der Waals surface area contributed by atoms with E-state index < -0.39 is 23.5 Å². The van der Waals surface area contributed by atoms with Crippen molar-refractivity contribution in [2.24, 2.45) is 0 Å². The Morgan fingerprint density at radius 2 is 1.79 bits per heavy atom. The monoisotopic (exact) mass is 329 g/mol. The number of nitrogens with one attached hydrogen (secondary N) is 1. The van der Waals surface area contributed by atoms with E-state index in [9.17, 15) is 19.5 Å². The van der Waals surface area contributed by atoms with E-state index in [0.29, 0.717) is 17.4 Å². The van der Waals surface area contributed by atoms with Crippen LogP contribution < -0.4 is 0 Å². The Morgan fingerprint density at radius 3 is 2.29 bits per heavy atom. The molecule has 0 aliphatic rings. The molecule has 0 amide bonds. The van der Waals surface area contributed by atoms with Crippen molar-refractivity contribution >= 4 is 18.2 Å². The van der Waals surface area contributed by atoms with Crippen LogP contribution in [0.2, 0.25) is 0 Å². The molecule has 2 N–H and O–H groups in total. The fraction of sp³-hybridized carbons (Fsp3) is 0.278. The maximum atomic E-state index is 12.3. The zero-order valence-corrected chi connectivity index (χ0v) is 13.7. The van der Waals surface area contributed by atoms with Gasteiger partial charge in [-0.2, -0.15) is 0 Å². The highest BCUT2D eigenvalue weighted by Crippen LogP contribution is 2.28. The van der Waals surface area contributed by atoms with E-state index in [0.717, 1.165) is 0 Å². The molecule has 1 unspecified atom stereocenters. The molecule has 2 rings (SSSR count). The molecule has 2 aromatic rings. The lowest BCUT2D eigenvalue weighted by molar-refractivity contribution is -0.137. The Bertz CT molecular complexity index is 752. The molecule has 0 saturated carbocycles. The topological polar surface area (TPSA) is 96.5 Å². The smallest absolute Gasteiger partial charge is 0.340 e. The van der Waals surface area contributed by atoms with Crippen LogP contribution in [0.3, 0.4) is 0 Å². The van der Waals surface area contributed by atoms with Gasteiger partial charge in [-0.15, -0.1) is 0 Å². The first kappa shape index (κ1) is 17.5. The third kappa shape index (κ3) is 3.90. The molecule has 1 aromatic heterocycles. The van der Waals surface area contributed by atoms with E-state index >= 15 is 0 Å². The highest BCUT2D eigenvalue weighted by molar-refractivity contribution is 5.94. The Labute approximate surface area is 139 Å². The molecule has 0 aliphatic carbocycles. The molecule has 0 spiro atoms. The first-order valence-electron chi connectivity index (χ1n) is 7.41. The van der Waals surface area contributed by atoms with Gasteiger partial charge in [0.05, 0.1) is 5.56 Å². The van der Waals surface area contributed by atoms with E-state index in [4.69, 9.17) is 4.74 Å². The number of carbonyl (C=O) groups is 3. The predicted molar refractivity (Wildman–Crippen MR) is 87.3 cm³/mol. The van der Waals surface area contributed by atoms with Gasteiger partial charge >= 0.3 is 11.9 Å². The van der Waals surface area contributed by atoms with E-state index in [-0.39, 0.29) is 11.3 Å². The van der Waals surface area contributed by atoms with Crippen LogP contribution in [0, 0.1) is 0 Å². The number of ether oxygens (including phenoxy) is 1. The van der Waals surface area contributed by atoms with Crippen molar-refractivity contribution in [1.29, 1.82) is 0 Å². The molecule has 0 radical (unpaired) electrons. The second-order valence-corrected chi connectivity index (χ2v) is 6.36. The molecule has 0 saturated heterocycles. The molecule has 6 nitrogen and oxygen atoms in total. The largest absolute Gasteiger partial charge is 0.480 e. The molecular formula is C18H19NO5. The zero-order chi connectivity index (χ0) is 17.9. The Kier molecular flexibility index (Phi) is 4.87. The van der Waals surface area contributed by atoms with Crippen molar-refractivity contribution < 1.29 is 24.2 Å². The predicted octanol–water partition coefficient (Wildman–Crippen LogP) is 3.00. The molecule has 0 aliphatic heterocycles. The molecule has 0 bridgehead atoms. The van der Waals surface area contributed by atoms with Crippen LogP contribution in [0.5, 0.6) is 0 Å². The fourth-order valence-electron chi connectivity index (χ4n) is 2.33. The average molecular weight is 329 g/mol. The number of carbonyl (C=O) groups excluding carboxylic acids is 2. The first-order valence-corrected chi connectivity index (χ1v) is 7.41. The normalized spacial score (nSPS) is 12.5. The Hall–Kier alpha value is -2.89. The summed E-state index contributed by atoms with van der Waals surface area (Å²) in [5.74, 6) is -2.76. The first-order chi connectivity index (χ1) is 11.2. The highest BCUT2D eigenvalue weighted by Gasteiger charge is 2.30. The van der Waals surface area contributed by atoms with Gasteiger partial charge in [0.15, 0.2) is 0 Å². The van der Waals surface area contributed by atoms with Gasteiger partial charge in [0.2, 0.25) is 0 Å². The minimum atomic E-state index is -1.11. The molecule has 1 atom stereocenters. The van der Waals surface area contributed by atoms with Crippen LogP contribution in [0.1, 0.15) is 58.7 Å². The van der Waals surface area contributed by atoms with Crippen molar-refractivity contribution in [3.05, 3.63) is 58.9 Å². The lowest BCUT2D eigenvalue weighted by Crippen LogP contribution is -2.25. The van der Waals surface area contributed by atoms with Gasteiger partial charge in [0.25, 0.3) is 0 Å². The number of H-pyrrole nitrogens is 1. The van der Waals surface area contributed by atoms with Crippen LogP contribution >= 0.6 is 0 Å². The summed E-state index contributed by atoms with van der Waals surface area (Å²) in [6.07, 6.45) is 2.19. The highest BCUT2D eigenvalue weighted by atomic mass is 16.6. The van der Waals surface area contributed by atoms with Crippen molar-refractivity contribution in [2.75, 3.05) is 0 Å². The number of carboxylic acids is 1. The maximum absolute atomic E-state index is 12.3. The average Bonchev–Trinajstić information content (AvgIpc) is 2.95. The minimum absolute atomic E-state index is 0.178. The summed E-state index contributed by atoms with van der Waals surface area (Å²) in [5.41, 5.74) is 0.644. The third-order valence-corrected chi connectivity index (χ3v) is 3.34. The molecule has 0 fully saturated rings. The number of rotatable bonds is 5. The standard InChI is InChI=1S/C18H19NO5/c1-18(2,3)24-17(23)13-8-9-19-15(13)14(16(21)22)12-6-4-11(10-20)5-7-12/h4-10,14,19H,1-3H3,(H,21,22). The van der Waals surface area contributed by atoms with Crippen LogP contribution in [0.25, 0.3) is 0 Å². The fourth-order valence-corrected chi connectivity index (χ4v) is 2.33. The van der Waals surface area contributed by atoms with Gasteiger partial charge < -0.3 is 14.8 Å². The minimum Gasteiger partial charge on any atom is -0.480 e. The number of carboxylic acid groups (broad SMARTS) is 1. The van der Waals surface area contributed by atoms with Crippen LogP contribution in [0.4, 0.5) is 0 Å². The summed E-state index contributed by atoms with van der Waals surface area (Å²) in [5, 5.41) is 9.62. The number of aliphatic carboxylic acids is 1. The molecule has 126 valence electrons. The van der Waals surface area contributed by atoms with Gasteiger partial charge in [-0.05, 0) is 32.4 Å². The second kappa shape index (κ2) is 6.70. The number of esters is 1. The number of hydrogen-bond donors (Lipinski definition) is 2. The number of aromatic nitrogens is 1. The molecule has 1 aromatic carbocycles. The maximum Gasteiger partial charge on any atom is 0.340 e. The summed E-state index contributed by atoms with van der Waals surface area (Å²) in [7, 11) is 0. The van der Waals surface area contributed by atoms with Gasteiger partial charge in [-0.3, -0.25) is 9.59 Å². The number of aromatic amines is 1. The molecule has 6 heteroatoms. The zero-order valence-electron chi connectivity index (χ0n) is 13.7. The van der Waals surface area contributed by atoms with Crippen molar-refractivity contribution in [2.45, 2.75) is 32.3 Å². The lowest BCUT2D eigenvalue weighted by Gasteiger charge is -2.20. The van der Waals surface area contributed by atoms with Crippen molar-refractivity contribution in [3.63, 3.8) is 0 Å². The lowest BCUT2D eigenvalue weighted by atomic mass is 9.93. The van der Waals surface area contributed by atoms with Crippen molar-refractivity contribution in [1.82, 2.24) is 4.98 Å². The van der Waals surface area contributed by atoms with Crippen molar-refractivity contribution in [3.8, 4) is 0 Å². The van der Waals surface area contributed by atoms with Gasteiger partial charge in [0, 0.05) is 17.5 Å². The van der Waals surface area contributed by atoms with Crippen LogP contribution in [-0.4, -0.2) is 33.9 Å². The second-order valence-electron chi connectivity index (χ2n) is 6.36. The van der Waals surface area contributed by atoms with Crippen LogP contribution in [0.15, 0.2) is 36.5 Å². The van der Waals surface area contributed by atoms with Gasteiger partial charge in [-0.25, -0.2) is 4.79 Å². The summed E-state index contributed by atoms with van der Waals surface area (Å²) in [6.45, 7) is 5.22. The quantitative estimate of drug-likeness (QED) is 0.649.